The van der Waals surface area contributed by atoms with Crippen LogP contribution in [0, 0.1) is 10.4 Å². The molecule has 0 aliphatic carbocycles. The Bertz CT molecular complexity index is 1200. The Hall–Kier alpha value is -3.14. The van der Waals surface area contributed by atoms with Crippen LogP contribution in [0.5, 0.6) is 11.5 Å². The molecule has 2 N–H and O–H groups in total. The lowest BCUT2D eigenvalue weighted by Crippen LogP contribution is -2.00. The molecule has 0 radical (unpaired) electrons. The van der Waals surface area contributed by atoms with Crippen molar-refractivity contribution in [3.63, 3.8) is 0 Å². The average Bonchev–Trinajstić information content (AvgIpc) is 3.06. The number of fused-ring (bicyclic) bond motifs is 6. The third-order valence-electron chi connectivity index (χ3n) is 4.19. The fourth-order valence-corrected chi connectivity index (χ4v) is 3.25. The third-order valence-corrected chi connectivity index (χ3v) is 4.19. The first-order chi connectivity index (χ1) is 10.7. The average molecular weight is 286 g/mol. The largest absolute Gasteiger partial charge is 0.507 e. The van der Waals surface area contributed by atoms with Crippen molar-refractivity contribution in [1.29, 1.82) is 0 Å². The first-order valence-electron chi connectivity index (χ1n) is 6.99. The van der Waals surface area contributed by atoms with Gasteiger partial charge in [0.1, 0.15) is 17.2 Å². The number of para-hydroxylation sites is 1. The number of aromatic hydroxyl groups is 2. The molecule has 3 aromatic rings. The minimum Gasteiger partial charge on any atom is -0.507 e. The Kier molecular flexibility index (Phi) is 1.96. The van der Waals surface area contributed by atoms with Gasteiger partial charge in [-0.15, -0.1) is 0 Å². The van der Waals surface area contributed by atoms with Crippen molar-refractivity contribution in [3.05, 3.63) is 69.7 Å². The molecule has 0 bridgehead atoms. The summed E-state index contributed by atoms with van der Waals surface area (Å²) in [4.78, 5) is 9.18. The first kappa shape index (κ1) is 11.5. The summed E-state index contributed by atoms with van der Waals surface area (Å²) >= 11 is 0. The van der Waals surface area contributed by atoms with Crippen LogP contribution in [0.3, 0.4) is 0 Å². The highest BCUT2D eigenvalue weighted by atomic mass is 16.3. The molecule has 22 heavy (non-hydrogen) atoms. The van der Waals surface area contributed by atoms with Gasteiger partial charge in [-0.05, 0) is 30.3 Å². The van der Waals surface area contributed by atoms with Gasteiger partial charge in [0.2, 0.25) is 0 Å². The molecular weight excluding hydrogens is 276 g/mol. The molecule has 4 heteroatoms. The lowest BCUT2D eigenvalue weighted by atomic mass is 10.0. The molecule has 0 spiro atoms. The van der Waals surface area contributed by atoms with Crippen molar-refractivity contribution < 1.29 is 10.2 Å². The van der Waals surface area contributed by atoms with E-state index >= 15 is 0 Å². The van der Waals surface area contributed by atoms with Crippen LogP contribution >= 0.6 is 0 Å². The maximum Gasteiger partial charge on any atom is 0.141 e. The van der Waals surface area contributed by atoms with E-state index in [1.165, 1.54) is 0 Å². The summed E-state index contributed by atoms with van der Waals surface area (Å²) in [5, 5.41) is 23.4. The predicted octanol–water partition coefficient (Wildman–Crippen LogP) is 2.58. The van der Waals surface area contributed by atoms with Gasteiger partial charge in [-0.3, -0.25) is 0 Å². The highest BCUT2D eigenvalue weighted by Gasteiger charge is 2.22. The molecule has 104 valence electrons. The monoisotopic (exact) mass is 286 g/mol. The summed E-state index contributed by atoms with van der Waals surface area (Å²) in [5.74, 6) is 0.395. The molecule has 0 aromatic heterocycles. The zero-order chi connectivity index (χ0) is 14.8. The minimum absolute atomic E-state index is 0.167. The van der Waals surface area contributed by atoms with E-state index in [9.17, 15) is 10.2 Å². The van der Waals surface area contributed by atoms with Gasteiger partial charge in [0.05, 0.1) is 21.6 Å². The second kappa shape index (κ2) is 3.74. The number of benzene rings is 3. The zero-order valence-electron chi connectivity index (χ0n) is 11.4. The molecule has 0 fully saturated rings. The van der Waals surface area contributed by atoms with Gasteiger partial charge >= 0.3 is 0 Å². The molecule has 5 rings (SSSR count). The number of rotatable bonds is 0. The second-order valence-electron chi connectivity index (χ2n) is 5.42. The Balaban J connectivity index is 2.02. The highest BCUT2D eigenvalue weighted by Crippen LogP contribution is 2.43. The molecular formula is C18H10N2O2. The minimum atomic E-state index is 0.167. The summed E-state index contributed by atoms with van der Waals surface area (Å²) in [6.07, 6.45) is 0. The predicted molar refractivity (Wildman–Crippen MR) is 81.0 cm³/mol. The summed E-state index contributed by atoms with van der Waals surface area (Å²) in [5.41, 5.74) is 3.19. The van der Waals surface area contributed by atoms with Crippen molar-refractivity contribution in [2.75, 3.05) is 0 Å². The van der Waals surface area contributed by atoms with Crippen LogP contribution in [0.15, 0.2) is 58.5 Å². The maximum atomic E-state index is 10.1. The van der Waals surface area contributed by atoms with Crippen molar-refractivity contribution in [1.82, 2.24) is 0 Å². The van der Waals surface area contributed by atoms with E-state index in [0.29, 0.717) is 5.69 Å². The lowest BCUT2D eigenvalue weighted by molar-refractivity contribution is 0.471. The number of phenolic OH excluding ortho intramolecular Hbond substituents is 2. The fourth-order valence-electron chi connectivity index (χ4n) is 3.25. The molecule has 2 aliphatic heterocycles. The summed E-state index contributed by atoms with van der Waals surface area (Å²) in [6, 6.07) is 14.5. The number of hydrogen-bond acceptors (Lipinski definition) is 4. The zero-order valence-corrected chi connectivity index (χ0v) is 11.4. The van der Waals surface area contributed by atoms with Crippen LogP contribution in [0.1, 0.15) is 0 Å². The van der Waals surface area contributed by atoms with Gasteiger partial charge in [-0.2, -0.15) is 0 Å². The Morgan fingerprint density at radius 2 is 1.45 bits per heavy atom. The molecule has 0 saturated heterocycles. The van der Waals surface area contributed by atoms with Crippen molar-refractivity contribution in [2.24, 2.45) is 9.98 Å². The highest BCUT2D eigenvalue weighted by molar-refractivity contribution is 5.89. The normalized spacial score (nSPS) is 12.7. The number of phenols is 2. The third kappa shape index (κ3) is 1.27. The van der Waals surface area contributed by atoms with Crippen molar-refractivity contribution in [3.8, 4) is 22.6 Å². The van der Waals surface area contributed by atoms with Crippen LogP contribution < -0.4 is 10.7 Å². The van der Waals surface area contributed by atoms with Crippen molar-refractivity contribution in [2.45, 2.75) is 0 Å². The lowest BCUT2D eigenvalue weighted by Gasteiger charge is -2.03. The van der Waals surface area contributed by atoms with Gasteiger partial charge < -0.3 is 10.2 Å². The maximum absolute atomic E-state index is 10.1. The van der Waals surface area contributed by atoms with Gasteiger partial charge in [0.15, 0.2) is 0 Å². The van der Waals surface area contributed by atoms with E-state index < -0.39 is 0 Å². The van der Waals surface area contributed by atoms with Gasteiger partial charge in [0.25, 0.3) is 0 Å². The summed E-state index contributed by atoms with van der Waals surface area (Å²) < 4.78 is 0. The molecule has 3 aromatic carbocycles. The number of nitrogens with zero attached hydrogens (tertiary/aromatic N) is 2. The van der Waals surface area contributed by atoms with E-state index in [0.717, 1.165) is 38.0 Å². The van der Waals surface area contributed by atoms with Crippen LogP contribution in [-0.2, 0) is 0 Å². The van der Waals surface area contributed by atoms with Gasteiger partial charge in [0, 0.05) is 16.3 Å². The summed E-state index contributed by atoms with van der Waals surface area (Å²) in [7, 11) is 0. The van der Waals surface area contributed by atoms with E-state index in [4.69, 9.17) is 0 Å². The van der Waals surface area contributed by atoms with Crippen LogP contribution in [0.4, 0.5) is 11.4 Å². The van der Waals surface area contributed by atoms with Crippen LogP contribution in [-0.4, -0.2) is 10.2 Å². The Morgan fingerprint density at radius 3 is 2.36 bits per heavy atom. The van der Waals surface area contributed by atoms with E-state index in [1.807, 2.05) is 24.3 Å². The smallest absolute Gasteiger partial charge is 0.141 e. The topological polar surface area (TPSA) is 65.2 Å². The standard InChI is InChI=1S/C18H10N2O2/c21-13-5-2-4-11-15(13)10-7-8-12-16(18(10)20-11)9-3-1-6-14(22)17(9)19-12/h1-8,21-22H. The molecule has 0 saturated carbocycles. The van der Waals surface area contributed by atoms with Gasteiger partial charge in [-0.1, -0.05) is 18.2 Å². The molecule has 2 aliphatic rings. The molecule has 0 unspecified atom stereocenters. The van der Waals surface area contributed by atoms with E-state index in [2.05, 4.69) is 9.98 Å². The molecule has 2 heterocycles. The molecule has 0 atom stereocenters. The second-order valence-corrected chi connectivity index (χ2v) is 5.42. The van der Waals surface area contributed by atoms with E-state index in [1.54, 1.807) is 24.3 Å². The fraction of sp³-hybridized carbons (Fsp3) is 0. The van der Waals surface area contributed by atoms with E-state index in [-0.39, 0.29) is 11.5 Å². The Labute approximate surface area is 124 Å². The SMILES string of the molecule is Oc1cccc2c1N=c1ccc3c(c1-2)N=c1cccc(O)c1=3. The van der Waals surface area contributed by atoms with Gasteiger partial charge in [-0.25, -0.2) is 9.98 Å². The quantitative estimate of drug-likeness (QED) is 0.459. The van der Waals surface area contributed by atoms with Crippen LogP contribution in [0.25, 0.3) is 11.1 Å². The van der Waals surface area contributed by atoms with Crippen LogP contribution in [0.2, 0.25) is 0 Å². The van der Waals surface area contributed by atoms with Crippen molar-refractivity contribution >= 4 is 11.4 Å². The molecule has 0 amide bonds. The summed E-state index contributed by atoms with van der Waals surface area (Å²) in [6.45, 7) is 0. The molecule has 4 nitrogen and oxygen atoms in total. The first-order valence-corrected chi connectivity index (χ1v) is 6.99. The Morgan fingerprint density at radius 1 is 0.682 bits per heavy atom. The number of hydrogen-bond donors (Lipinski definition) is 2.